The average molecular weight is 329 g/mol. The molecular formula is C19H27N3O2. The minimum absolute atomic E-state index is 0.173. The van der Waals surface area contributed by atoms with Crippen LogP contribution in [0.15, 0.2) is 11.6 Å². The second kappa shape index (κ2) is 8.16. The molecule has 0 radical (unpaired) electrons. The number of rotatable bonds is 5. The van der Waals surface area contributed by atoms with E-state index < -0.39 is 0 Å². The zero-order valence-corrected chi connectivity index (χ0v) is 14.9. The van der Waals surface area contributed by atoms with Gasteiger partial charge in [0.15, 0.2) is 0 Å². The number of aliphatic hydroxyl groups is 1. The molecule has 130 valence electrons. The number of nitrogens with zero attached hydrogens (tertiary/aromatic N) is 3. The van der Waals surface area contributed by atoms with Gasteiger partial charge in [0.1, 0.15) is 11.6 Å². The molecule has 1 aromatic rings. The van der Waals surface area contributed by atoms with Crippen LogP contribution >= 0.6 is 0 Å². The largest absolute Gasteiger partial charge is 0.396 e. The van der Waals surface area contributed by atoms with E-state index in [9.17, 15) is 15.2 Å². The summed E-state index contributed by atoms with van der Waals surface area (Å²) in [5, 5.41) is 18.6. The van der Waals surface area contributed by atoms with Gasteiger partial charge in [-0.25, -0.2) is 0 Å². The van der Waals surface area contributed by atoms with Gasteiger partial charge in [-0.2, -0.15) is 5.26 Å². The number of likely N-dealkylation sites (tertiary alicyclic amines) is 1. The van der Waals surface area contributed by atoms with Crippen molar-refractivity contribution in [3.05, 3.63) is 28.6 Å². The van der Waals surface area contributed by atoms with Gasteiger partial charge < -0.3 is 14.6 Å². The smallest absolute Gasteiger partial charge is 0.264 e. The van der Waals surface area contributed by atoms with Crippen LogP contribution < -0.4 is 0 Å². The SMILES string of the molecule is CCCn1c(C)cc(/C=C(/C#N)C(=O)N2CCC(CO)CC2)c1C. The molecule has 1 amide bonds. The third kappa shape index (κ3) is 3.88. The predicted molar refractivity (Wildman–Crippen MR) is 94.2 cm³/mol. The Morgan fingerprint density at radius 1 is 1.42 bits per heavy atom. The zero-order valence-electron chi connectivity index (χ0n) is 14.9. The number of hydrogen-bond donors (Lipinski definition) is 1. The topological polar surface area (TPSA) is 69.3 Å². The molecule has 1 N–H and O–H groups in total. The van der Waals surface area contributed by atoms with Crippen LogP contribution in [0.1, 0.15) is 43.1 Å². The molecule has 1 aliphatic heterocycles. The van der Waals surface area contributed by atoms with Gasteiger partial charge in [0, 0.05) is 37.6 Å². The Bertz CT molecular complexity index is 659. The number of amides is 1. The molecule has 1 aliphatic rings. The van der Waals surface area contributed by atoms with Gasteiger partial charge in [-0.05, 0) is 56.7 Å². The standard InChI is InChI=1S/C19H27N3O2/c1-4-7-22-14(2)10-17(15(22)3)11-18(12-20)19(24)21-8-5-16(13-23)6-9-21/h10-11,16,23H,4-9,13H2,1-3H3/b18-11-. The monoisotopic (exact) mass is 329 g/mol. The number of piperidine rings is 1. The molecule has 5 heteroatoms. The van der Waals surface area contributed by atoms with Crippen molar-refractivity contribution in [1.82, 2.24) is 9.47 Å². The summed E-state index contributed by atoms with van der Waals surface area (Å²) in [6.07, 6.45) is 4.36. The molecule has 0 spiro atoms. The minimum atomic E-state index is -0.200. The van der Waals surface area contributed by atoms with Gasteiger partial charge in [-0.15, -0.1) is 0 Å². The highest BCUT2D eigenvalue weighted by Crippen LogP contribution is 2.21. The van der Waals surface area contributed by atoms with E-state index >= 15 is 0 Å². The van der Waals surface area contributed by atoms with Crippen molar-refractivity contribution in [2.45, 2.75) is 46.6 Å². The molecule has 1 fully saturated rings. The molecule has 1 saturated heterocycles. The third-order valence-corrected chi connectivity index (χ3v) is 4.87. The predicted octanol–water partition coefficient (Wildman–Crippen LogP) is 2.65. The van der Waals surface area contributed by atoms with Gasteiger partial charge >= 0.3 is 0 Å². The van der Waals surface area contributed by atoms with Crippen molar-refractivity contribution in [3.8, 4) is 6.07 Å². The first-order chi connectivity index (χ1) is 11.5. The number of aromatic nitrogens is 1. The number of aliphatic hydroxyl groups excluding tert-OH is 1. The van der Waals surface area contributed by atoms with E-state index in [2.05, 4.69) is 17.6 Å². The number of carbonyl (C=O) groups is 1. The molecular weight excluding hydrogens is 302 g/mol. The highest BCUT2D eigenvalue weighted by Gasteiger charge is 2.24. The summed E-state index contributed by atoms with van der Waals surface area (Å²) >= 11 is 0. The van der Waals surface area contributed by atoms with Gasteiger partial charge in [0.05, 0.1) is 0 Å². The van der Waals surface area contributed by atoms with Crippen LogP contribution in [-0.4, -0.2) is 40.2 Å². The zero-order chi connectivity index (χ0) is 17.7. The summed E-state index contributed by atoms with van der Waals surface area (Å²) in [5.41, 5.74) is 3.37. The van der Waals surface area contributed by atoms with Crippen LogP contribution in [0, 0.1) is 31.1 Å². The molecule has 0 bridgehead atoms. The third-order valence-electron chi connectivity index (χ3n) is 4.87. The van der Waals surface area contributed by atoms with Crippen LogP contribution in [0.25, 0.3) is 6.08 Å². The van der Waals surface area contributed by atoms with Gasteiger partial charge in [-0.3, -0.25) is 4.79 Å². The summed E-state index contributed by atoms with van der Waals surface area (Å²) in [6.45, 7) is 8.54. The molecule has 1 aromatic heterocycles. The number of nitriles is 1. The van der Waals surface area contributed by atoms with Crippen LogP contribution in [0.4, 0.5) is 0 Å². The van der Waals surface area contributed by atoms with Crippen molar-refractivity contribution in [2.75, 3.05) is 19.7 Å². The van der Waals surface area contributed by atoms with Gasteiger partial charge in [0.2, 0.25) is 0 Å². The molecule has 0 aromatic carbocycles. The Balaban J connectivity index is 2.19. The molecule has 0 aliphatic carbocycles. The first-order valence-electron chi connectivity index (χ1n) is 8.70. The molecule has 0 atom stereocenters. The number of carbonyl (C=O) groups excluding carboxylic acids is 1. The summed E-state index contributed by atoms with van der Waals surface area (Å²) in [4.78, 5) is 14.4. The first kappa shape index (κ1) is 18.3. The fourth-order valence-electron chi connectivity index (χ4n) is 3.33. The molecule has 2 heterocycles. The van der Waals surface area contributed by atoms with Gasteiger partial charge in [0.25, 0.3) is 5.91 Å². The molecule has 5 nitrogen and oxygen atoms in total. The van der Waals surface area contributed by atoms with Crippen LogP contribution in [0.2, 0.25) is 0 Å². The van der Waals surface area contributed by atoms with Crippen molar-refractivity contribution in [1.29, 1.82) is 5.26 Å². The highest BCUT2D eigenvalue weighted by molar-refractivity contribution is 6.01. The Morgan fingerprint density at radius 3 is 2.62 bits per heavy atom. The van der Waals surface area contributed by atoms with Gasteiger partial charge in [-0.1, -0.05) is 6.92 Å². The summed E-state index contributed by atoms with van der Waals surface area (Å²) in [5.74, 6) is 0.0747. The molecule has 24 heavy (non-hydrogen) atoms. The lowest BCUT2D eigenvalue weighted by Gasteiger charge is -2.30. The molecule has 2 rings (SSSR count). The van der Waals surface area contributed by atoms with Crippen LogP contribution in [-0.2, 0) is 11.3 Å². The van der Waals surface area contributed by atoms with E-state index in [1.165, 1.54) is 0 Å². The van der Waals surface area contributed by atoms with E-state index in [1.54, 1.807) is 11.0 Å². The lowest BCUT2D eigenvalue weighted by atomic mass is 9.97. The first-order valence-corrected chi connectivity index (χ1v) is 8.70. The van der Waals surface area contributed by atoms with E-state index in [-0.39, 0.29) is 24.0 Å². The summed E-state index contributed by atoms with van der Waals surface area (Å²) < 4.78 is 2.22. The highest BCUT2D eigenvalue weighted by atomic mass is 16.3. The maximum atomic E-state index is 12.6. The minimum Gasteiger partial charge on any atom is -0.396 e. The van der Waals surface area contributed by atoms with E-state index in [4.69, 9.17) is 0 Å². The Kier molecular flexibility index (Phi) is 6.22. The second-order valence-electron chi connectivity index (χ2n) is 6.57. The lowest BCUT2D eigenvalue weighted by Crippen LogP contribution is -2.39. The molecule has 0 unspecified atom stereocenters. The van der Waals surface area contributed by atoms with Crippen LogP contribution in [0.3, 0.4) is 0 Å². The van der Waals surface area contributed by atoms with Crippen LogP contribution in [0.5, 0.6) is 0 Å². The van der Waals surface area contributed by atoms with Crippen molar-refractivity contribution in [3.63, 3.8) is 0 Å². The summed E-state index contributed by atoms with van der Waals surface area (Å²) in [7, 11) is 0. The van der Waals surface area contributed by atoms with Crippen molar-refractivity contribution >= 4 is 12.0 Å². The quantitative estimate of drug-likeness (QED) is 0.667. The fraction of sp³-hybridized carbons (Fsp3) is 0.579. The fourth-order valence-corrected chi connectivity index (χ4v) is 3.33. The van der Waals surface area contributed by atoms with E-state index in [0.717, 1.165) is 42.8 Å². The molecule has 0 saturated carbocycles. The average Bonchev–Trinajstić information content (AvgIpc) is 2.87. The normalized spacial score (nSPS) is 16.3. The summed E-state index contributed by atoms with van der Waals surface area (Å²) in [6, 6.07) is 4.11. The Labute approximate surface area is 144 Å². The van der Waals surface area contributed by atoms with Crippen molar-refractivity contribution < 1.29 is 9.90 Å². The maximum absolute atomic E-state index is 12.6. The second-order valence-corrected chi connectivity index (χ2v) is 6.57. The number of hydrogen-bond acceptors (Lipinski definition) is 3. The Hall–Kier alpha value is -2.06. The van der Waals surface area contributed by atoms with E-state index in [0.29, 0.717) is 13.1 Å². The number of aryl methyl sites for hydroxylation is 1. The maximum Gasteiger partial charge on any atom is 0.264 e. The lowest BCUT2D eigenvalue weighted by molar-refractivity contribution is -0.128. The van der Waals surface area contributed by atoms with E-state index in [1.807, 2.05) is 19.9 Å². The van der Waals surface area contributed by atoms with Crippen molar-refractivity contribution in [2.24, 2.45) is 5.92 Å². The Morgan fingerprint density at radius 2 is 2.08 bits per heavy atom.